The fourth-order valence-electron chi connectivity index (χ4n) is 2.41. The minimum Gasteiger partial charge on any atom is -0.481 e. The van der Waals surface area contributed by atoms with Crippen LogP contribution < -0.4 is 0 Å². The van der Waals surface area contributed by atoms with E-state index in [-0.39, 0.29) is 5.92 Å². The standard InChI is InChI=1S/C13H24O2/c14-13(15)12-10-8-6-4-2-1-3-5-7-9-11-12/h12H,1-11H2,(H,14,15). The monoisotopic (exact) mass is 212 g/mol. The first-order valence-corrected chi connectivity index (χ1v) is 6.53. The average molecular weight is 212 g/mol. The Hall–Kier alpha value is -0.530. The predicted octanol–water partition coefficient (Wildman–Crippen LogP) is 3.99. The van der Waals surface area contributed by atoms with Crippen LogP contribution in [0.4, 0.5) is 0 Å². The van der Waals surface area contributed by atoms with Crippen molar-refractivity contribution in [3.8, 4) is 0 Å². The SMILES string of the molecule is O=C(O)C1CCCCCCCCCCC1. The zero-order chi connectivity index (χ0) is 10.9. The number of rotatable bonds is 1. The van der Waals surface area contributed by atoms with Gasteiger partial charge in [-0.05, 0) is 12.8 Å². The molecule has 1 fully saturated rings. The van der Waals surface area contributed by atoms with Gasteiger partial charge in [-0.3, -0.25) is 4.79 Å². The largest absolute Gasteiger partial charge is 0.481 e. The molecule has 0 aromatic rings. The highest BCUT2D eigenvalue weighted by atomic mass is 16.4. The van der Waals surface area contributed by atoms with Gasteiger partial charge in [0.15, 0.2) is 0 Å². The summed E-state index contributed by atoms with van der Waals surface area (Å²) in [5.74, 6) is -0.642. The van der Waals surface area contributed by atoms with Gasteiger partial charge in [-0.15, -0.1) is 0 Å². The summed E-state index contributed by atoms with van der Waals surface area (Å²) in [7, 11) is 0. The Morgan fingerprint density at radius 2 is 1.07 bits per heavy atom. The summed E-state index contributed by atoms with van der Waals surface area (Å²) >= 11 is 0. The van der Waals surface area contributed by atoms with Crippen LogP contribution in [-0.2, 0) is 4.79 Å². The highest BCUT2D eigenvalue weighted by molar-refractivity contribution is 5.69. The number of aliphatic carboxylic acids is 1. The van der Waals surface area contributed by atoms with Gasteiger partial charge in [0, 0.05) is 0 Å². The summed E-state index contributed by atoms with van der Waals surface area (Å²) < 4.78 is 0. The second kappa shape index (κ2) is 7.72. The maximum Gasteiger partial charge on any atom is 0.306 e. The Labute approximate surface area is 93.1 Å². The number of carboxylic acids is 1. The van der Waals surface area contributed by atoms with Gasteiger partial charge in [-0.2, -0.15) is 0 Å². The van der Waals surface area contributed by atoms with E-state index in [1.165, 1.54) is 44.9 Å². The quantitative estimate of drug-likeness (QED) is 0.713. The van der Waals surface area contributed by atoms with Gasteiger partial charge in [0.2, 0.25) is 0 Å². The molecule has 2 heteroatoms. The molecule has 0 saturated heterocycles. The second-order valence-electron chi connectivity index (χ2n) is 4.79. The summed E-state index contributed by atoms with van der Waals surface area (Å²) in [5.41, 5.74) is 0. The van der Waals surface area contributed by atoms with Gasteiger partial charge in [0.1, 0.15) is 0 Å². The lowest BCUT2D eigenvalue weighted by atomic mass is 9.93. The van der Waals surface area contributed by atoms with Crippen molar-refractivity contribution in [3.05, 3.63) is 0 Å². The summed E-state index contributed by atoms with van der Waals surface area (Å²) in [6, 6.07) is 0. The molecule has 1 aliphatic carbocycles. The number of carboxylic acid groups (broad SMARTS) is 1. The van der Waals surface area contributed by atoms with Crippen LogP contribution in [0.15, 0.2) is 0 Å². The van der Waals surface area contributed by atoms with Crippen molar-refractivity contribution in [2.24, 2.45) is 5.92 Å². The molecule has 0 aliphatic heterocycles. The molecule has 0 radical (unpaired) electrons. The van der Waals surface area contributed by atoms with Crippen molar-refractivity contribution < 1.29 is 9.90 Å². The molecule has 2 nitrogen and oxygen atoms in total. The lowest BCUT2D eigenvalue weighted by molar-refractivity contribution is -0.142. The fourth-order valence-corrected chi connectivity index (χ4v) is 2.41. The van der Waals surface area contributed by atoms with Crippen molar-refractivity contribution in [1.82, 2.24) is 0 Å². The molecule has 0 heterocycles. The van der Waals surface area contributed by atoms with Crippen molar-refractivity contribution in [2.45, 2.75) is 70.6 Å². The zero-order valence-electron chi connectivity index (χ0n) is 9.71. The van der Waals surface area contributed by atoms with Crippen molar-refractivity contribution in [2.75, 3.05) is 0 Å². The van der Waals surface area contributed by atoms with E-state index in [9.17, 15) is 4.79 Å². The molecule has 0 spiro atoms. The summed E-state index contributed by atoms with van der Waals surface area (Å²) in [5, 5.41) is 9.04. The molecule has 1 aliphatic rings. The lowest BCUT2D eigenvalue weighted by Crippen LogP contribution is -2.13. The fraction of sp³-hybridized carbons (Fsp3) is 0.923. The average Bonchev–Trinajstić information content (AvgIpc) is 2.18. The number of hydrogen-bond acceptors (Lipinski definition) is 1. The zero-order valence-corrected chi connectivity index (χ0v) is 9.71. The third-order valence-electron chi connectivity index (χ3n) is 3.45. The van der Waals surface area contributed by atoms with Crippen LogP contribution in [0.3, 0.4) is 0 Å². The van der Waals surface area contributed by atoms with E-state index >= 15 is 0 Å². The highest BCUT2D eigenvalue weighted by Gasteiger charge is 2.16. The number of carbonyl (C=O) groups is 1. The third-order valence-corrected chi connectivity index (χ3v) is 3.45. The molecule has 0 aromatic heterocycles. The Morgan fingerprint density at radius 1 is 0.733 bits per heavy atom. The van der Waals surface area contributed by atoms with Crippen molar-refractivity contribution in [3.63, 3.8) is 0 Å². The van der Waals surface area contributed by atoms with Crippen LogP contribution in [0.5, 0.6) is 0 Å². The molecule has 0 aromatic carbocycles. The molecule has 0 bridgehead atoms. The van der Waals surface area contributed by atoms with Crippen LogP contribution in [0, 0.1) is 5.92 Å². The summed E-state index contributed by atoms with van der Waals surface area (Å²) in [4.78, 5) is 11.0. The van der Waals surface area contributed by atoms with Gasteiger partial charge >= 0.3 is 5.97 Å². The van der Waals surface area contributed by atoms with E-state index in [1.54, 1.807) is 0 Å². The number of hydrogen-bond donors (Lipinski definition) is 1. The molecular formula is C13H24O2. The van der Waals surface area contributed by atoms with Crippen LogP contribution >= 0.6 is 0 Å². The van der Waals surface area contributed by atoms with E-state index in [4.69, 9.17) is 5.11 Å². The van der Waals surface area contributed by atoms with Gasteiger partial charge in [-0.25, -0.2) is 0 Å². The maximum absolute atomic E-state index is 11.0. The molecule has 0 atom stereocenters. The first-order valence-electron chi connectivity index (χ1n) is 6.53. The van der Waals surface area contributed by atoms with Gasteiger partial charge in [0.25, 0.3) is 0 Å². The van der Waals surface area contributed by atoms with E-state index in [0.717, 1.165) is 25.7 Å². The Bertz CT molecular complexity index is 165. The van der Waals surface area contributed by atoms with E-state index < -0.39 is 5.97 Å². The minimum absolute atomic E-state index is 0.0653. The first-order chi connectivity index (χ1) is 7.30. The molecular weight excluding hydrogens is 188 g/mol. The van der Waals surface area contributed by atoms with Crippen LogP contribution in [0.1, 0.15) is 70.6 Å². The van der Waals surface area contributed by atoms with Crippen LogP contribution in [0.2, 0.25) is 0 Å². The second-order valence-corrected chi connectivity index (χ2v) is 4.79. The molecule has 88 valence electrons. The van der Waals surface area contributed by atoms with E-state index in [2.05, 4.69) is 0 Å². The van der Waals surface area contributed by atoms with Gasteiger partial charge < -0.3 is 5.11 Å². The maximum atomic E-state index is 11.0. The molecule has 1 N–H and O–H groups in total. The molecule has 0 amide bonds. The van der Waals surface area contributed by atoms with Crippen molar-refractivity contribution in [1.29, 1.82) is 0 Å². The normalized spacial score (nSPS) is 22.7. The summed E-state index contributed by atoms with van der Waals surface area (Å²) in [6.07, 6.45) is 13.1. The Morgan fingerprint density at radius 3 is 1.40 bits per heavy atom. The van der Waals surface area contributed by atoms with Gasteiger partial charge in [0.05, 0.1) is 5.92 Å². The van der Waals surface area contributed by atoms with Crippen LogP contribution in [-0.4, -0.2) is 11.1 Å². The summed E-state index contributed by atoms with van der Waals surface area (Å²) in [6.45, 7) is 0. The van der Waals surface area contributed by atoms with Gasteiger partial charge in [-0.1, -0.05) is 57.8 Å². The molecule has 15 heavy (non-hydrogen) atoms. The Kier molecular flexibility index (Phi) is 6.45. The molecule has 0 unspecified atom stereocenters. The minimum atomic E-state index is -0.577. The molecule has 1 saturated carbocycles. The smallest absolute Gasteiger partial charge is 0.306 e. The predicted molar refractivity (Wildman–Crippen MR) is 61.9 cm³/mol. The third kappa shape index (κ3) is 5.81. The van der Waals surface area contributed by atoms with Crippen LogP contribution in [0.25, 0.3) is 0 Å². The highest BCUT2D eigenvalue weighted by Crippen LogP contribution is 2.20. The first kappa shape index (κ1) is 12.5. The van der Waals surface area contributed by atoms with E-state index in [1.807, 2.05) is 0 Å². The topological polar surface area (TPSA) is 37.3 Å². The Balaban J connectivity index is 2.28. The lowest BCUT2D eigenvalue weighted by Gasteiger charge is -2.13. The van der Waals surface area contributed by atoms with Crippen molar-refractivity contribution >= 4 is 5.97 Å². The van der Waals surface area contributed by atoms with E-state index in [0.29, 0.717) is 0 Å². The molecule has 1 rings (SSSR count).